The van der Waals surface area contributed by atoms with E-state index in [1.54, 1.807) is 6.08 Å². The van der Waals surface area contributed by atoms with Crippen LogP contribution in [0.5, 0.6) is 0 Å². The van der Waals surface area contributed by atoms with Crippen molar-refractivity contribution < 1.29 is 74.5 Å². The minimum absolute atomic E-state index is 0.0101. The fourth-order valence-corrected chi connectivity index (χ4v) is 5.80. The Morgan fingerprint density at radius 3 is 2.06 bits per heavy atom. The maximum Gasteiger partial charge on any atom is 0.328 e. The Morgan fingerprint density at radius 1 is 0.863 bits per heavy atom. The number of amides is 1. The first-order valence-electron chi connectivity index (χ1n) is 16.3. The Morgan fingerprint density at radius 2 is 1.47 bits per heavy atom. The molecule has 15 unspecified atom stereocenters. The number of hydrogen-bond donors (Lipinski definition) is 14. The lowest BCUT2D eigenvalue weighted by molar-refractivity contribution is -0.332. The summed E-state index contributed by atoms with van der Waals surface area (Å²) in [7, 11) is 0. The molecule has 1 aliphatic carbocycles. The molecule has 1 aromatic carbocycles. The van der Waals surface area contributed by atoms with Gasteiger partial charge in [0.2, 0.25) is 5.91 Å². The van der Waals surface area contributed by atoms with E-state index in [0.717, 1.165) is 11.6 Å². The van der Waals surface area contributed by atoms with Crippen LogP contribution in [0.2, 0.25) is 0 Å². The van der Waals surface area contributed by atoms with Crippen molar-refractivity contribution in [2.75, 3.05) is 19.7 Å². The number of aliphatic hydroxyl groups is 8. The quantitative estimate of drug-likeness (QED) is 0.0888. The first-order chi connectivity index (χ1) is 24.1. The summed E-state index contributed by atoms with van der Waals surface area (Å²) in [6.07, 6.45) is -17.1. The SMILES string of the molecule is NCC[C@@H](O)C(=O)NC1CC(N)C(OC2OC(CN)C(O)C(O)C2O)C(O)C1OC1OC(CO)C(O)C(N)C1O.O=C(O)/C=C/c1ccccc1. The van der Waals surface area contributed by atoms with Crippen LogP contribution in [-0.2, 0) is 28.5 Å². The fourth-order valence-electron chi connectivity index (χ4n) is 5.80. The Kier molecular flexibility index (Phi) is 16.7. The number of carboxylic acid groups (broad SMARTS) is 1. The van der Waals surface area contributed by atoms with Gasteiger partial charge in [-0.15, -0.1) is 0 Å². The highest BCUT2D eigenvalue weighted by Crippen LogP contribution is 2.32. The van der Waals surface area contributed by atoms with Crippen LogP contribution in [0.25, 0.3) is 6.08 Å². The molecule has 18 N–H and O–H groups in total. The molecule has 2 saturated heterocycles. The summed E-state index contributed by atoms with van der Waals surface area (Å²) in [5, 5.41) is 93.1. The third-order valence-electron chi connectivity index (χ3n) is 8.73. The molecule has 2 aliphatic heterocycles. The van der Waals surface area contributed by atoms with Gasteiger partial charge in [-0.3, -0.25) is 4.79 Å². The van der Waals surface area contributed by atoms with Crippen molar-refractivity contribution in [3.8, 4) is 0 Å². The minimum atomic E-state index is -1.76. The number of benzene rings is 1. The number of carbonyl (C=O) groups excluding carboxylic acids is 1. The molecule has 1 amide bonds. The van der Waals surface area contributed by atoms with Gasteiger partial charge in [-0.25, -0.2) is 4.79 Å². The lowest BCUT2D eigenvalue weighted by Crippen LogP contribution is -2.69. The van der Waals surface area contributed by atoms with Crippen LogP contribution < -0.4 is 28.3 Å². The molecule has 0 radical (unpaired) electrons. The van der Waals surface area contributed by atoms with Gasteiger partial charge in [-0.1, -0.05) is 30.3 Å². The van der Waals surface area contributed by atoms with Crippen LogP contribution in [0.1, 0.15) is 18.4 Å². The number of carboxylic acids is 1. The van der Waals surface area contributed by atoms with E-state index in [9.17, 15) is 50.4 Å². The second-order valence-electron chi connectivity index (χ2n) is 12.4. The first kappa shape index (κ1) is 42.7. The van der Waals surface area contributed by atoms with Crippen LogP contribution in [0.4, 0.5) is 0 Å². The van der Waals surface area contributed by atoms with E-state index >= 15 is 0 Å². The summed E-state index contributed by atoms with van der Waals surface area (Å²) in [5.74, 6) is -1.77. The van der Waals surface area contributed by atoms with Crippen LogP contribution in [0.15, 0.2) is 36.4 Å². The van der Waals surface area contributed by atoms with Gasteiger partial charge in [0, 0.05) is 18.7 Å². The molecule has 3 aliphatic rings. The molecule has 20 heteroatoms. The van der Waals surface area contributed by atoms with Gasteiger partial charge in [0.05, 0.1) is 18.7 Å². The summed E-state index contributed by atoms with van der Waals surface area (Å²) < 4.78 is 22.5. The molecule has 51 heavy (non-hydrogen) atoms. The molecular weight excluding hydrogens is 682 g/mol. The zero-order valence-electron chi connectivity index (χ0n) is 27.6. The third-order valence-corrected chi connectivity index (χ3v) is 8.73. The first-order valence-corrected chi connectivity index (χ1v) is 16.3. The number of nitrogens with two attached hydrogens (primary N) is 4. The predicted octanol–water partition coefficient (Wildman–Crippen LogP) is -6.64. The number of aliphatic carboxylic acids is 1. The van der Waals surface area contributed by atoms with E-state index in [1.807, 2.05) is 30.3 Å². The number of nitrogens with one attached hydrogen (secondary N) is 1. The molecule has 1 aromatic rings. The zero-order valence-corrected chi connectivity index (χ0v) is 27.6. The van der Waals surface area contributed by atoms with Crippen LogP contribution >= 0.6 is 0 Å². The summed E-state index contributed by atoms with van der Waals surface area (Å²) in [6, 6.07) is 5.85. The van der Waals surface area contributed by atoms with E-state index < -0.39 is 116 Å². The Hall–Kier alpha value is -2.74. The normalized spacial score (nSPS) is 39.1. The van der Waals surface area contributed by atoms with E-state index in [-0.39, 0.29) is 25.9 Å². The second kappa shape index (κ2) is 19.9. The van der Waals surface area contributed by atoms with Crippen molar-refractivity contribution in [2.45, 2.75) is 111 Å². The molecule has 1 saturated carbocycles. The molecule has 290 valence electrons. The molecule has 20 nitrogen and oxygen atoms in total. The van der Waals surface area contributed by atoms with Crippen molar-refractivity contribution >= 4 is 18.0 Å². The monoisotopic (exact) mass is 733 g/mol. The fraction of sp³-hybridized carbons (Fsp3) is 0.677. The number of hydrogen-bond acceptors (Lipinski definition) is 18. The zero-order chi connectivity index (χ0) is 38.0. The third kappa shape index (κ3) is 11.1. The van der Waals surface area contributed by atoms with Crippen molar-refractivity contribution in [3.63, 3.8) is 0 Å². The van der Waals surface area contributed by atoms with Crippen LogP contribution in [-0.4, -0.2) is 175 Å². The molecule has 0 bridgehead atoms. The van der Waals surface area contributed by atoms with Crippen LogP contribution in [0.3, 0.4) is 0 Å². The molecule has 0 aromatic heterocycles. The van der Waals surface area contributed by atoms with Gasteiger partial charge in [0.15, 0.2) is 12.6 Å². The average Bonchev–Trinajstić information content (AvgIpc) is 3.11. The summed E-state index contributed by atoms with van der Waals surface area (Å²) >= 11 is 0. The highest BCUT2D eigenvalue weighted by molar-refractivity contribution is 5.85. The number of aliphatic hydroxyl groups excluding tert-OH is 8. The smallest absolute Gasteiger partial charge is 0.328 e. The standard InChI is InChI=1S/C22H43N5O13.C9H8O2/c23-2-1-8(29)20(36)27-7-3-6(25)18(39-22-16(34)15(33)13(31)9(4-24)37-22)17(35)19(7)40-21-14(32)11(26)12(30)10(5-28)38-21;10-9(11)7-6-8-4-2-1-3-5-8/h6-19,21-22,28-35H,1-5,23-26H2,(H,27,36);1-7H,(H,10,11)/b;7-6+/t6?,7?,8-,9?,10?,11?,12?,13?,14?,15?,16?,17?,18?,19?,21?,22?;/m1./s1. The number of ether oxygens (including phenoxy) is 4. The van der Waals surface area contributed by atoms with Gasteiger partial charge in [-0.05, 0) is 31.0 Å². The van der Waals surface area contributed by atoms with E-state index in [1.165, 1.54) is 0 Å². The molecular formula is C31H51N5O15. The molecule has 0 spiro atoms. The largest absolute Gasteiger partial charge is 0.478 e. The van der Waals surface area contributed by atoms with Crippen molar-refractivity contribution in [1.29, 1.82) is 0 Å². The summed E-state index contributed by atoms with van der Waals surface area (Å²) in [6.45, 7) is -0.898. The highest BCUT2D eigenvalue weighted by Gasteiger charge is 2.52. The van der Waals surface area contributed by atoms with E-state index in [0.29, 0.717) is 0 Å². The second-order valence-corrected chi connectivity index (χ2v) is 12.4. The minimum Gasteiger partial charge on any atom is -0.478 e. The Bertz CT molecular complexity index is 1250. The molecule has 16 atom stereocenters. The topological polar surface area (TPSA) is 369 Å². The van der Waals surface area contributed by atoms with Gasteiger partial charge >= 0.3 is 5.97 Å². The van der Waals surface area contributed by atoms with Crippen molar-refractivity contribution in [3.05, 3.63) is 42.0 Å². The number of carbonyl (C=O) groups is 2. The highest BCUT2D eigenvalue weighted by atomic mass is 16.7. The summed E-state index contributed by atoms with van der Waals surface area (Å²) in [4.78, 5) is 22.7. The van der Waals surface area contributed by atoms with E-state index in [4.69, 9.17) is 47.0 Å². The maximum absolute atomic E-state index is 12.6. The Balaban J connectivity index is 0.000000542. The lowest BCUT2D eigenvalue weighted by Gasteiger charge is -2.49. The van der Waals surface area contributed by atoms with Crippen molar-refractivity contribution in [2.24, 2.45) is 22.9 Å². The van der Waals surface area contributed by atoms with Gasteiger partial charge in [0.1, 0.15) is 67.1 Å². The van der Waals surface area contributed by atoms with Crippen LogP contribution in [0, 0.1) is 0 Å². The Labute approximate surface area is 293 Å². The predicted molar refractivity (Wildman–Crippen MR) is 175 cm³/mol. The van der Waals surface area contributed by atoms with Gasteiger partial charge < -0.3 is 93.2 Å². The molecule has 2 heterocycles. The van der Waals surface area contributed by atoms with Gasteiger partial charge in [-0.2, -0.15) is 0 Å². The van der Waals surface area contributed by atoms with Gasteiger partial charge in [0.25, 0.3) is 0 Å². The van der Waals surface area contributed by atoms with Crippen molar-refractivity contribution in [1.82, 2.24) is 5.32 Å². The lowest BCUT2D eigenvalue weighted by atomic mass is 9.83. The van der Waals surface area contributed by atoms with E-state index in [2.05, 4.69) is 5.32 Å². The molecule has 4 rings (SSSR count). The number of rotatable bonds is 12. The average molecular weight is 734 g/mol. The summed E-state index contributed by atoms with van der Waals surface area (Å²) in [5.41, 5.74) is 24.0. The maximum atomic E-state index is 12.6. The molecule has 3 fully saturated rings.